The smallest absolute Gasteiger partial charge is 0.237 e. The quantitative estimate of drug-likeness (QED) is 0.329. The number of methoxy groups -OCH3 is 1. The average Bonchev–Trinajstić information content (AvgIpc) is 2.75. The third kappa shape index (κ3) is 6.23. The van der Waals surface area contributed by atoms with Crippen LogP contribution in [0.1, 0.15) is 6.92 Å². The Morgan fingerprint density at radius 2 is 1.60 bits per heavy atom. The molecular weight excluding hydrogens is 414 g/mol. The molecule has 3 aromatic carbocycles. The lowest BCUT2D eigenvalue weighted by molar-refractivity contribution is -0.115. The van der Waals surface area contributed by atoms with Gasteiger partial charge in [0.1, 0.15) is 5.75 Å². The van der Waals surface area contributed by atoms with Gasteiger partial charge in [-0.25, -0.2) is 0 Å². The number of hydrogen-bond acceptors (Lipinski definition) is 4. The van der Waals surface area contributed by atoms with Gasteiger partial charge < -0.3 is 20.7 Å². The fourth-order valence-corrected chi connectivity index (χ4v) is 3.86. The standard InChI is InChI=1S/C23H23N3O2S2/c1-16(22(27)24-17-9-4-3-5-10-17)30-19-12-8-11-18(15-19)25-23(29)26-20-13-6-7-14-21(20)28-2/h3-16H,1-2H3,(H,24,27)(H2,25,26,29). The number of rotatable bonds is 7. The van der Waals surface area contributed by atoms with Crippen molar-refractivity contribution in [3.63, 3.8) is 0 Å². The van der Waals surface area contributed by atoms with Gasteiger partial charge in [-0.3, -0.25) is 4.79 Å². The molecule has 3 rings (SSSR count). The van der Waals surface area contributed by atoms with Crippen molar-refractivity contribution in [3.8, 4) is 5.75 Å². The van der Waals surface area contributed by atoms with Crippen molar-refractivity contribution in [1.29, 1.82) is 0 Å². The molecule has 3 aromatic rings. The molecule has 7 heteroatoms. The molecule has 1 amide bonds. The Labute approximate surface area is 186 Å². The number of amides is 1. The zero-order valence-corrected chi connectivity index (χ0v) is 18.3. The molecule has 3 N–H and O–H groups in total. The maximum absolute atomic E-state index is 12.5. The largest absolute Gasteiger partial charge is 0.495 e. The molecule has 0 radical (unpaired) electrons. The Kier molecular flexibility index (Phi) is 7.70. The first-order valence-electron chi connectivity index (χ1n) is 9.39. The van der Waals surface area contributed by atoms with Crippen LogP contribution in [0.5, 0.6) is 5.75 Å². The van der Waals surface area contributed by atoms with E-state index in [-0.39, 0.29) is 11.2 Å². The highest BCUT2D eigenvalue weighted by molar-refractivity contribution is 8.00. The lowest BCUT2D eigenvalue weighted by Gasteiger charge is -2.15. The van der Waals surface area contributed by atoms with Gasteiger partial charge in [-0.1, -0.05) is 36.4 Å². The number of nitrogens with one attached hydrogen (secondary N) is 3. The fraction of sp³-hybridized carbons (Fsp3) is 0.130. The topological polar surface area (TPSA) is 62.4 Å². The van der Waals surface area contributed by atoms with Crippen molar-refractivity contribution in [2.24, 2.45) is 0 Å². The summed E-state index contributed by atoms with van der Waals surface area (Å²) >= 11 is 6.91. The number of carbonyl (C=O) groups is 1. The molecule has 0 aliphatic carbocycles. The first-order chi connectivity index (χ1) is 14.5. The van der Waals surface area contributed by atoms with E-state index in [0.29, 0.717) is 10.9 Å². The molecule has 0 aliphatic heterocycles. The minimum Gasteiger partial charge on any atom is -0.495 e. The van der Waals surface area contributed by atoms with Gasteiger partial charge in [0.25, 0.3) is 0 Å². The lowest BCUT2D eigenvalue weighted by Crippen LogP contribution is -2.22. The molecule has 0 aromatic heterocycles. The zero-order valence-electron chi connectivity index (χ0n) is 16.7. The highest BCUT2D eigenvalue weighted by Gasteiger charge is 2.15. The van der Waals surface area contributed by atoms with E-state index in [4.69, 9.17) is 17.0 Å². The first kappa shape index (κ1) is 21.7. The molecule has 0 fully saturated rings. The van der Waals surface area contributed by atoms with E-state index in [1.54, 1.807) is 7.11 Å². The van der Waals surface area contributed by atoms with E-state index in [2.05, 4.69) is 16.0 Å². The van der Waals surface area contributed by atoms with E-state index in [1.165, 1.54) is 11.8 Å². The molecule has 0 bridgehead atoms. The maximum atomic E-state index is 12.5. The SMILES string of the molecule is COc1ccccc1NC(=S)Nc1cccc(SC(C)C(=O)Nc2ccccc2)c1. The van der Waals surface area contributed by atoms with Gasteiger partial charge in [0.2, 0.25) is 5.91 Å². The van der Waals surface area contributed by atoms with Crippen molar-refractivity contribution in [2.75, 3.05) is 23.1 Å². The van der Waals surface area contributed by atoms with Gasteiger partial charge in [0, 0.05) is 16.3 Å². The molecule has 0 spiro atoms. The van der Waals surface area contributed by atoms with Gasteiger partial charge in [-0.05, 0) is 61.6 Å². The number of thioether (sulfide) groups is 1. The monoisotopic (exact) mass is 437 g/mol. The van der Waals surface area contributed by atoms with Gasteiger partial charge in [-0.15, -0.1) is 11.8 Å². The van der Waals surface area contributed by atoms with Crippen LogP contribution in [0.3, 0.4) is 0 Å². The molecule has 1 unspecified atom stereocenters. The summed E-state index contributed by atoms with van der Waals surface area (Å²) in [7, 11) is 1.62. The van der Waals surface area contributed by atoms with E-state index in [1.807, 2.05) is 85.8 Å². The van der Waals surface area contributed by atoms with Gasteiger partial charge in [0.15, 0.2) is 5.11 Å². The summed E-state index contributed by atoms with van der Waals surface area (Å²) in [4.78, 5) is 13.4. The van der Waals surface area contributed by atoms with Crippen LogP contribution in [0.15, 0.2) is 83.8 Å². The summed E-state index contributed by atoms with van der Waals surface area (Å²) in [6, 6.07) is 24.8. The minimum absolute atomic E-state index is 0.0436. The van der Waals surface area contributed by atoms with Crippen LogP contribution in [0, 0.1) is 0 Å². The molecule has 0 heterocycles. The van der Waals surface area contributed by atoms with Crippen molar-refractivity contribution in [1.82, 2.24) is 0 Å². The third-order valence-corrected chi connectivity index (χ3v) is 5.47. The van der Waals surface area contributed by atoms with Crippen molar-refractivity contribution in [3.05, 3.63) is 78.9 Å². The highest BCUT2D eigenvalue weighted by atomic mass is 32.2. The lowest BCUT2D eigenvalue weighted by atomic mass is 10.3. The van der Waals surface area contributed by atoms with Gasteiger partial charge >= 0.3 is 0 Å². The molecule has 154 valence electrons. The highest BCUT2D eigenvalue weighted by Crippen LogP contribution is 2.27. The van der Waals surface area contributed by atoms with E-state index >= 15 is 0 Å². The molecule has 5 nitrogen and oxygen atoms in total. The summed E-state index contributed by atoms with van der Waals surface area (Å²) in [5, 5.41) is 9.45. The van der Waals surface area contributed by atoms with E-state index in [9.17, 15) is 4.79 Å². The number of para-hydroxylation sites is 3. The first-order valence-corrected chi connectivity index (χ1v) is 10.7. The number of carbonyl (C=O) groups excluding carboxylic acids is 1. The van der Waals surface area contributed by atoms with Crippen LogP contribution >= 0.6 is 24.0 Å². The average molecular weight is 438 g/mol. The van der Waals surface area contributed by atoms with Crippen LogP contribution in [0.4, 0.5) is 17.1 Å². The molecule has 1 atom stereocenters. The summed E-state index contributed by atoms with van der Waals surface area (Å²) in [5.41, 5.74) is 2.41. The van der Waals surface area contributed by atoms with Crippen LogP contribution < -0.4 is 20.7 Å². The maximum Gasteiger partial charge on any atom is 0.237 e. The Morgan fingerprint density at radius 1 is 0.900 bits per heavy atom. The van der Waals surface area contributed by atoms with Crippen LogP contribution in [0.25, 0.3) is 0 Å². The van der Waals surface area contributed by atoms with Crippen LogP contribution in [-0.4, -0.2) is 23.4 Å². The van der Waals surface area contributed by atoms with Crippen molar-refractivity contribution < 1.29 is 9.53 Å². The van der Waals surface area contributed by atoms with E-state index < -0.39 is 0 Å². The number of benzene rings is 3. The number of hydrogen-bond donors (Lipinski definition) is 3. The van der Waals surface area contributed by atoms with Gasteiger partial charge in [-0.2, -0.15) is 0 Å². The third-order valence-electron chi connectivity index (χ3n) is 4.17. The summed E-state index contributed by atoms with van der Waals surface area (Å²) < 4.78 is 5.33. The molecular formula is C23H23N3O2S2. The number of ether oxygens (including phenoxy) is 1. The normalized spacial score (nSPS) is 11.3. The zero-order chi connectivity index (χ0) is 21.3. The predicted octanol–water partition coefficient (Wildman–Crippen LogP) is 5.62. The Hall–Kier alpha value is -3.03. The summed E-state index contributed by atoms with van der Waals surface area (Å²) in [5.74, 6) is 0.669. The second kappa shape index (κ2) is 10.7. The fourth-order valence-electron chi connectivity index (χ4n) is 2.70. The van der Waals surface area contributed by atoms with Crippen LogP contribution in [0.2, 0.25) is 0 Å². The Balaban J connectivity index is 1.58. The predicted molar refractivity (Wildman–Crippen MR) is 130 cm³/mol. The second-order valence-electron chi connectivity index (χ2n) is 6.42. The second-order valence-corrected chi connectivity index (χ2v) is 8.25. The van der Waals surface area contributed by atoms with Gasteiger partial charge in [0.05, 0.1) is 18.0 Å². The van der Waals surface area contributed by atoms with Crippen molar-refractivity contribution >= 4 is 52.1 Å². The summed E-state index contributed by atoms with van der Waals surface area (Å²) in [6.07, 6.45) is 0. The number of anilines is 3. The Bertz CT molecular complexity index is 1010. The molecule has 0 aliphatic rings. The molecule has 0 saturated carbocycles. The van der Waals surface area contributed by atoms with E-state index in [0.717, 1.165) is 22.0 Å². The minimum atomic E-state index is -0.251. The molecule has 30 heavy (non-hydrogen) atoms. The van der Waals surface area contributed by atoms with Crippen molar-refractivity contribution in [2.45, 2.75) is 17.1 Å². The molecule has 0 saturated heterocycles. The van der Waals surface area contributed by atoms with Crippen LogP contribution in [-0.2, 0) is 4.79 Å². The number of thiocarbonyl (C=S) groups is 1. The Morgan fingerprint density at radius 3 is 2.37 bits per heavy atom. The summed E-state index contributed by atoms with van der Waals surface area (Å²) in [6.45, 7) is 1.89.